The van der Waals surface area contributed by atoms with E-state index in [2.05, 4.69) is 0 Å². The third-order valence-corrected chi connectivity index (χ3v) is 3.33. The van der Waals surface area contributed by atoms with Crippen LogP contribution in [0.25, 0.3) is 0 Å². The fourth-order valence-corrected chi connectivity index (χ4v) is 2.00. The number of allylic oxidation sites excluding steroid dienone is 3. The molecule has 2 atom stereocenters. The number of hydrogen-bond acceptors (Lipinski definition) is 2. The Morgan fingerprint density at radius 3 is 2.58 bits per heavy atom. The van der Waals surface area contributed by atoms with Gasteiger partial charge in [-0.1, -0.05) is 60.2 Å². The van der Waals surface area contributed by atoms with E-state index >= 15 is 0 Å². The van der Waals surface area contributed by atoms with E-state index in [1.54, 1.807) is 19.1 Å². The Morgan fingerprint density at radius 2 is 1.95 bits per heavy atom. The Labute approximate surface area is 113 Å². The molecule has 0 aliphatic heterocycles. The molecule has 0 saturated heterocycles. The Hall–Kier alpha value is -1.93. The standard InChI is InChI=1S/C17H18O2/c1-13-6-8-14(9-7-13)16(18)11-10-15-5-3-4-12-17(15,2)19/h3-12,15,19H,1-2H3. The molecule has 0 aromatic heterocycles. The maximum atomic E-state index is 12.0. The summed E-state index contributed by atoms with van der Waals surface area (Å²) in [5.41, 5.74) is 0.861. The Balaban J connectivity index is 2.10. The fraction of sp³-hybridized carbons (Fsp3) is 0.235. The normalized spacial score (nSPS) is 25.9. The summed E-state index contributed by atoms with van der Waals surface area (Å²) in [6.45, 7) is 3.72. The van der Waals surface area contributed by atoms with E-state index < -0.39 is 5.60 Å². The summed E-state index contributed by atoms with van der Waals surface area (Å²) in [5, 5.41) is 10.2. The summed E-state index contributed by atoms with van der Waals surface area (Å²) >= 11 is 0. The van der Waals surface area contributed by atoms with Crippen molar-refractivity contribution in [2.24, 2.45) is 5.92 Å². The van der Waals surface area contributed by atoms with Crippen LogP contribution in [-0.4, -0.2) is 16.5 Å². The molecule has 1 aromatic rings. The highest BCUT2D eigenvalue weighted by Gasteiger charge is 2.26. The van der Waals surface area contributed by atoms with Crippen molar-refractivity contribution in [3.05, 3.63) is 71.8 Å². The fourth-order valence-electron chi connectivity index (χ4n) is 2.00. The summed E-state index contributed by atoms with van der Waals surface area (Å²) in [4.78, 5) is 12.0. The lowest BCUT2D eigenvalue weighted by Gasteiger charge is -2.27. The lowest BCUT2D eigenvalue weighted by Crippen LogP contribution is -2.31. The predicted molar refractivity (Wildman–Crippen MR) is 77.0 cm³/mol. The molecule has 0 heterocycles. The maximum Gasteiger partial charge on any atom is 0.185 e. The summed E-state index contributed by atoms with van der Waals surface area (Å²) < 4.78 is 0. The van der Waals surface area contributed by atoms with E-state index in [-0.39, 0.29) is 11.7 Å². The van der Waals surface area contributed by atoms with Gasteiger partial charge in [0, 0.05) is 11.5 Å². The molecule has 2 unspecified atom stereocenters. The van der Waals surface area contributed by atoms with Gasteiger partial charge in [0.15, 0.2) is 5.78 Å². The zero-order valence-corrected chi connectivity index (χ0v) is 11.2. The predicted octanol–water partition coefficient (Wildman–Crippen LogP) is 3.23. The van der Waals surface area contributed by atoms with Gasteiger partial charge < -0.3 is 5.11 Å². The second-order valence-corrected chi connectivity index (χ2v) is 5.09. The molecular formula is C17H18O2. The van der Waals surface area contributed by atoms with Gasteiger partial charge in [-0.05, 0) is 19.9 Å². The largest absolute Gasteiger partial charge is 0.385 e. The van der Waals surface area contributed by atoms with Gasteiger partial charge in [0.1, 0.15) is 0 Å². The average molecular weight is 254 g/mol. The van der Waals surface area contributed by atoms with Crippen molar-refractivity contribution in [2.75, 3.05) is 0 Å². The molecule has 2 rings (SSSR count). The van der Waals surface area contributed by atoms with Crippen molar-refractivity contribution in [1.29, 1.82) is 0 Å². The molecule has 0 radical (unpaired) electrons. The van der Waals surface area contributed by atoms with Crippen LogP contribution in [0.1, 0.15) is 22.8 Å². The quantitative estimate of drug-likeness (QED) is 0.664. The first-order chi connectivity index (χ1) is 8.99. The molecule has 19 heavy (non-hydrogen) atoms. The number of ketones is 1. The molecule has 2 nitrogen and oxygen atoms in total. The van der Waals surface area contributed by atoms with Crippen molar-refractivity contribution < 1.29 is 9.90 Å². The van der Waals surface area contributed by atoms with Gasteiger partial charge in [0.05, 0.1) is 5.60 Å². The van der Waals surface area contributed by atoms with E-state index in [1.165, 1.54) is 6.08 Å². The van der Waals surface area contributed by atoms with Crippen LogP contribution in [0.15, 0.2) is 60.7 Å². The molecule has 2 heteroatoms. The van der Waals surface area contributed by atoms with Gasteiger partial charge in [0.2, 0.25) is 0 Å². The Bertz CT molecular complexity index is 545. The number of aryl methyl sites for hydroxylation is 1. The number of rotatable bonds is 3. The van der Waals surface area contributed by atoms with Crippen LogP contribution in [0, 0.1) is 12.8 Å². The van der Waals surface area contributed by atoms with Gasteiger partial charge in [-0.15, -0.1) is 0 Å². The minimum atomic E-state index is -0.932. The topological polar surface area (TPSA) is 37.3 Å². The van der Waals surface area contributed by atoms with Crippen molar-refractivity contribution >= 4 is 5.78 Å². The minimum absolute atomic E-state index is 0.0428. The number of hydrogen-bond donors (Lipinski definition) is 1. The van der Waals surface area contributed by atoms with Crippen LogP contribution in [-0.2, 0) is 0 Å². The third-order valence-electron chi connectivity index (χ3n) is 3.33. The van der Waals surface area contributed by atoms with Crippen molar-refractivity contribution in [3.8, 4) is 0 Å². The van der Waals surface area contributed by atoms with Crippen LogP contribution in [0.5, 0.6) is 0 Å². The van der Waals surface area contributed by atoms with E-state index in [4.69, 9.17) is 0 Å². The molecule has 0 fully saturated rings. The van der Waals surface area contributed by atoms with Crippen LogP contribution >= 0.6 is 0 Å². The van der Waals surface area contributed by atoms with Crippen LogP contribution in [0.2, 0.25) is 0 Å². The van der Waals surface area contributed by atoms with Gasteiger partial charge >= 0.3 is 0 Å². The van der Waals surface area contributed by atoms with Gasteiger partial charge in [-0.3, -0.25) is 4.79 Å². The Kier molecular flexibility index (Phi) is 3.82. The third kappa shape index (κ3) is 3.30. The van der Waals surface area contributed by atoms with Gasteiger partial charge in [-0.2, -0.15) is 0 Å². The van der Waals surface area contributed by atoms with Gasteiger partial charge in [-0.25, -0.2) is 0 Å². The Morgan fingerprint density at radius 1 is 1.26 bits per heavy atom. The highest BCUT2D eigenvalue weighted by atomic mass is 16.3. The van der Waals surface area contributed by atoms with Crippen LogP contribution in [0.3, 0.4) is 0 Å². The first kappa shape index (κ1) is 13.5. The van der Waals surface area contributed by atoms with E-state index in [1.807, 2.05) is 49.4 Å². The van der Waals surface area contributed by atoms with Gasteiger partial charge in [0.25, 0.3) is 0 Å². The van der Waals surface area contributed by atoms with Crippen molar-refractivity contribution in [3.63, 3.8) is 0 Å². The molecule has 0 saturated carbocycles. The number of benzene rings is 1. The minimum Gasteiger partial charge on any atom is -0.385 e. The lowest BCUT2D eigenvalue weighted by molar-refractivity contribution is 0.0835. The second-order valence-electron chi connectivity index (χ2n) is 5.09. The zero-order valence-electron chi connectivity index (χ0n) is 11.2. The molecule has 0 spiro atoms. The summed E-state index contributed by atoms with van der Waals surface area (Å²) in [7, 11) is 0. The lowest BCUT2D eigenvalue weighted by atomic mass is 9.85. The smallest absolute Gasteiger partial charge is 0.185 e. The highest BCUT2D eigenvalue weighted by Crippen LogP contribution is 2.25. The summed E-state index contributed by atoms with van der Waals surface area (Å²) in [6, 6.07) is 7.47. The molecule has 1 aliphatic rings. The maximum absolute atomic E-state index is 12.0. The van der Waals surface area contributed by atoms with Crippen LogP contribution in [0.4, 0.5) is 0 Å². The zero-order chi connectivity index (χ0) is 13.9. The van der Waals surface area contributed by atoms with E-state index in [0.717, 1.165) is 5.56 Å². The first-order valence-corrected chi connectivity index (χ1v) is 6.37. The number of carbonyl (C=O) groups excluding carboxylic acids is 1. The molecule has 98 valence electrons. The van der Waals surface area contributed by atoms with Crippen LogP contribution < -0.4 is 0 Å². The average Bonchev–Trinajstić information content (AvgIpc) is 2.37. The molecule has 1 aliphatic carbocycles. The van der Waals surface area contributed by atoms with Crippen molar-refractivity contribution in [2.45, 2.75) is 19.4 Å². The second kappa shape index (κ2) is 5.37. The molecule has 1 aromatic carbocycles. The molecular weight excluding hydrogens is 236 g/mol. The highest BCUT2D eigenvalue weighted by molar-refractivity contribution is 6.04. The molecule has 1 N–H and O–H groups in total. The molecule has 0 bridgehead atoms. The summed E-state index contributed by atoms with van der Waals surface area (Å²) in [6.07, 6.45) is 10.6. The SMILES string of the molecule is Cc1ccc(C(=O)C=CC2C=CC=CC2(C)O)cc1. The number of aliphatic hydroxyl groups is 1. The number of carbonyl (C=O) groups is 1. The van der Waals surface area contributed by atoms with E-state index in [0.29, 0.717) is 5.56 Å². The summed E-state index contributed by atoms with van der Waals surface area (Å²) in [5.74, 6) is -0.217. The molecule has 0 amide bonds. The van der Waals surface area contributed by atoms with E-state index in [9.17, 15) is 9.90 Å². The first-order valence-electron chi connectivity index (χ1n) is 6.37. The van der Waals surface area contributed by atoms with Crippen molar-refractivity contribution in [1.82, 2.24) is 0 Å². The monoisotopic (exact) mass is 254 g/mol.